The predicted octanol–water partition coefficient (Wildman–Crippen LogP) is 1.60. The van der Waals surface area contributed by atoms with Crippen LogP contribution in [0.25, 0.3) is 15.8 Å². The number of benzene rings is 1. The van der Waals surface area contributed by atoms with Gasteiger partial charge in [-0.1, -0.05) is 12.1 Å². The molecule has 1 aliphatic heterocycles. The van der Waals surface area contributed by atoms with Gasteiger partial charge < -0.3 is 25.5 Å². The fourth-order valence-corrected chi connectivity index (χ4v) is 5.04. The molecule has 1 fully saturated rings. The van der Waals surface area contributed by atoms with Crippen LogP contribution in [0.1, 0.15) is 11.4 Å². The number of amidine groups is 1. The Balaban J connectivity index is 1.49. The van der Waals surface area contributed by atoms with Crippen LogP contribution in [0.2, 0.25) is 0 Å². The molecular formula is C22H23N5O3S. The maximum absolute atomic E-state index is 10.5. The average molecular weight is 438 g/mol. The van der Waals surface area contributed by atoms with Crippen molar-refractivity contribution in [2.24, 2.45) is 10.9 Å². The van der Waals surface area contributed by atoms with Crippen molar-refractivity contribution >= 4 is 38.6 Å². The molecule has 0 spiro atoms. The number of hydrogen-bond donors (Lipinski definition) is 4. The number of pyridine rings is 1. The van der Waals surface area contributed by atoms with Crippen LogP contribution in [-0.2, 0) is 0 Å². The first-order chi connectivity index (χ1) is 15.1. The minimum absolute atomic E-state index is 0.168. The summed E-state index contributed by atoms with van der Waals surface area (Å²) in [6, 6.07) is 11.4. The number of nitrogens with zero attached hydrogens (tertiary/aromatic N) is 4. The molecule has 4 atom stereocenters. The molecular weight excluding hydrogens is 414 g/mol. The van der Waals surface area contributed by atoms with Gasteiger partial charge in [0.25, 0.3) is 0 Å². The summed E-state index contributed by atoms with van der Waals surface area (Å²) in [5.41, 5.74) is 2.64. The summed E-state index contributed by atoms with van der Waals surface area (Å²) < 4.78 is 1.08. The Labute approximate surface area is 183 Å². The third kappa shape index (κ3) is 3.81. The minimum Gasteiger partial charge on any atom is -0.396 e. The van der Waals surface area contributed by atoms with Gasteiger partial charge in [-0.3, -0.25) is 4.98 Å². The molecule has 2 aromatic heterocycles. The monoisotopic (exact) mass is 437 g/mol. The number of rotatable bonds is 4. The van der Waals surface area contributed by atoms with E-state index in [1.165, 1.54) is 0 Å². The Morgan fingerprint density at radius 3 is 2.74 bits per heavy atom. The number of aliphatic hydroxyl groups excluding tert-OH is 3. The molecule has 0 bridgehead atoms. The van der Waals surface area contributed by atoms with Crippen molar-refractivity contribution in [2.75, 3.05) is 18.2 Å². The third-order valence-electron chi connectivity index (χ3n) is 5.78. The summed E-state index contributed by atoms with van der Waals surface area (Å²) in [6.45, 7) is 0.218. The van der Waals surface area contributed by atoms with Crippen LogP contribution in [0.4, 0.5) is 5.69 Å². The summed E-state index contributed by atoms with van der Waals surface area (Å²) >= 11 is 1.57. The largest absolute Gasteiger partial charge is 0.396 e. The van der Waals surface area contributed by atoms with E-state index in [1.807, 2.05) is 47.5 Å². The molecule has 1 aromatic carbocycles. The van der Waals surface area contributed by atoms with Crippen molar-refractivity contribution in [1.29, 1.82) is 0 Å². The Morgan fingerprint density at radius 1 is 1.13 bits per heavy atom. The van der Waals surface area contributed by atoms with Crippen LogP contribution in [0.15, 0.2) is 60.0 Å². The summed E-state index contributed by atoms with van der Waals surface area (Å²) in [5.74, 6) is 0.257. The summed E-state index contributed by atoms with van der Waals surface area (Å²) in [4.78, 5) is 15.7. The first-order valence-corrected chi connectivity index (χ1v) is 11.0. The van der Waals surface area contributed by atoms with Gasteiger partial charge in [0.15, 0.2) is 0 Å². The lowest BCUT2D eigenvalue weighted by molar-refractivity contribution is 0.00144. The summed E-state index contributed by atoms with van der Waals surface area (Å²) in [6.07, 6.45) is 4.01. The standard InChI is InChI=1S/C22H23N5O3S/c28-11-13-8-17(20(30)19(13)29)25-21-15(22-26-16-5-1-2-6-18(16)31-22)10-27(12-24-21)14-4-3-7-23-9-14/h1-7,9-10,13,17,19-20,28-30H,8,11-12H2,(H,24,25)/t13-,17-,19-,20+/m1/s1. The second kappa shape index (κ2) is 8.35. The summed E-state index contributed by atoms with van der Waals surface area (Å²) in [7, 11) is 0. The number of hydrogen-bond acceptors (Lipinski definition) is 9. The van der Waals surface area contributed by atoms with E-state index in [9.17, 15) is 15.3 Å². The minimum atomic E-state index is -0.979. The van der Waals surface area contributed by atoms with Crippen LogP contribution >= 0.6 is 11.3 Å². The predicted molar refractivity (Wildman–Crippen MR) is 121 cm³/mol. The number of thiazole rings is 1. The fourth-order valence-electron chi connectivity index (χ4n) is 4.06. The first-order valence-electron chi connectivity index (χ1n) is 10.2. The van der Waals surface area contributed by atoms with Crippen molar-refractivity contribution in [3.8, 4) is 0 Å². The highest BCUT2D eigenvalue weighted by atomic mass is 32.1. The molecule has 0 unspecified atom stereocenters. The highest BCUT2D eigenvalue weighted by Gasteiger charge is 2.42. The van der Waals surface area contributed by atoms with E-state index < -0.39 is 18.2 Å². The Kier molecular flexibility index (Phi) is 5.41. The molecule has 1 saturated carbocycles. The van der Waals surface area contributed by atoms with Crippen LogP contribution in [-0.4, -0.2) is 62.6 Å². The lowest BCUT2D eigenvalue weighted by atomic mass is 10.1. The summed E-state index contributed by atoms with van der Waals surface area (Å²) in [5, 5.41) is 34.3. The lowest BCUT2D eigenvalue weighted by Crippen LogP contribution is -2.45. The number of nitrogens with one attached hydrogen (secondary N) is 1. The fraction of sp³-hybridized carbons (Fsp3) is 0.318. The molecule has 3 heterocycles. The van der Waals surface area contributed by atoms with E-state index in [1.54, 1.807) is 23.7 Å². The number of anilines is 1. The Bertz CT molecular complexity index is 1100. The topological polar surface area (TPSA) is 114 Å². The van der Waals surface area contributed by atoms with Gasteiger partial charge in [0.1, 0.15) is 23.6 Å². The van der Waals surface area contributed by atoms with Gasteiger partial charge >= 0.3 is 0 Å². The van der Waals surface area contributed by atoms with E-state index in [0.717, 1.165) is 26.5 Å². The molecule has 0 radical (unpaired) electrons. The molecule has 160 valence electrons. The number of aliphatic imine (C=N–C) groups is 1. The number of fused-ring (bicyclic) bond motifs is 1. The van der Waals surface area contributed by atoms with Crippen LogP contribution in [0.5, 0.6) is 0 Å². The quantitative estimate of drug-likeness (QED) is 0.490. The Hall–Kier alpha value is -2.85. The van der Waals surface area contributed by atoms with Gasteiger partial charge in [0.05, 0.1) is 39.8 Å². The van der Waals surface area contributed by atoms with E-state index in [2.05, 4.69) is 10.3 Å². The van der Waals surface area contributed by atoms with Crippen molar-refractivity contribution in [3.63, 3.8) is 0 Å². The molecule has 1 aliphatic carbocycles. The van der Waals surface area contributed by atoms with E-state index in [-0.39, 0.29) is 12.5 Å². The van der Waals surface area contributed by atoms with Gasteiger partial charge in [0, 0.05) is 24.9 Å². The molecule has 3 aromatic rings. The number of aromatic nitrogens is 2. The van der Waals surface area contributed by atoms with Gasteiger partial charge in [-0.05, 0) is 30.7 Å². The van der Waals surface area contributed by atoms with Crippen molar-refractivity contribution in [1.82, 2.24) is 15.3 Å². The molecule has 0 amide bonds. The van der Waals surface area contributed by atoms with E-state index >= 15 is 0 Å². The zero-order valence-electron chi connectivity index (χ0n) is 16.7. The van der Waals surface area contributed by atoms with Gasteiger partial charge in [-0.2, -0.15) is 0 Å². The molecule has 9 heteroatoms. The van der Waals surface area contributed by atoms with Gasteiger partial charge in [-0.25, -0.2) is 9.98 Å². The molecule has 5 rings (SSSR count). The maximum atomic E-state index is 10.5. The second-order valence-corrected chi connectivity index (χ2v) is 8.80. The zero-order chi connectivity index (χ0) is 21.4. The zero-order valence-corrected chi connectivity index (χ0v) is 17.5. The number of aliphatic hydroxyl groups is 3. The first kappa shape index (κ1) is 20.1. The van der Waals surface area contributed by atoms with Crippen LogP contribution in [0, 0.1) is 5.92 Å². The maximum Gasteiger partial charge on any atom is 0.135 e. The van der Waals surface area contributed by atoms with Gasteiger partial charge in [-0.15, -0.1) is 11.3 Å². The average Bonchev–Trinajstić information content (AvgIpc) is 3.36. The van der Waals surface area contributed by atoms with Crippen molar-refractivity contribution in [3.05, 3.63) is 60.0 Å². The van der Waals surface area contributed by atoms with Crippen LogP contribution < -0.4 is 10.2 Å². The lowest BCUT2D eigenvalue weighted by Gasteiger charge is -2.28. The smallest absolute Gasteiger partial charge is 0.135 e. The highest BCUT2D eigenvalue weighted by molar-refractivity contribution is 7.19. The van der Waals surface area contributed by atoms with Crippen molar-refractivity contribution < 1.29 is 15.3 Å². The Morgan fingerprint density at radius 2 is 2.00 bits per heavy atom. The number of para-hydroxylation sites is 1. The highest BCUT2D eigenvalue weighted by Crippen LogP contribution is 2.32. The molecule has 31 heavy (non-hydrogen) atoms. The molecule has 0 saturated heterocycles. The van der Waals surface area contributed by atoms with Gasteiger partial charge in [0.2, 0.25) is 0 Å². The normalized spacial score (nSPS) is 26.1. The van der Waals surface area contributed by atoms with Crippen LogP contribution in [0.3, 0.4) is 0 Å². The molecule has 8 nitrogen and oxygen atoms in total. The molecule has 4 N–H and O–H groups in total. The molecule has 2 aliphatic rings. The van der Waals surface area contributed by atoms with E-state index in [4.69, 9.17) is 9.98 Å². The third-order valence-corrected chi connectivity index (χ3v) is 6.85. The van der Waals surface area contributed by atoms with E-state index in [0.29, 0.717) is 18.9 Å². The SMILES string of the molecule is OC[C@H]1C[C@@H](NC2=NCN(c3cccnc3)C=C2c2nc3ccccc3s2)[C@H](O)[C@@H]1O. The van der Waals surface area contributed by atoms with Crippen molar-refractivity contribution in [2.45, 2.75) is 24.7 Å². The second-order valence-electron chi connectivity index (χ2n) is 7.77.